The number of ether oxygens (including phenoxy) is 1. The van der Waals surface area contributed by atoms with Crippen LogP contribution in [0, 0.1) is 0 Å². The first-order chi connectivity index (χ1) is 7.75. The lowest BCUT2D eigenvalue weighted by atomic mass is 9.94. The van der Waals surface area contributed by atoms with Gasteiger partial charge in [0.1, 0.15) is 0 Å². The smallest absolute Gasteiger partial charge is 0.0709 e. The van der Waals surface area contributed by atoms with E-state index < -0.39 is 0 Å². The van der Waals surface area contributed by atoms with Crippen LogP contribution in [-0.2, 0) is 4.74 Å². The first-order valence-electron chi connectivity index (χ1n) is 5.37. The van der Waals surface area contributed by atoms with Gasteiger partial charge in [0.05, 0.1) is 18.3 Å². The van der Waals surface area contributed by atoms with Crippen molar-refractivity contribution in [1.29, 1.82) is 0 Å². The Morgan fingerprint density at radius 2 is 2.31 bits per heavy atom. The summed E-state index contributed by atoms with van der Waals surface area (Å²) in [5, 5.41) is 2.54. The summed E-state index contributed by atoms with van der Waals surface area (Å²) in [6, 6.07) is 6.06. The molecule has 0 spiro atoms. The maximum absolute atomic E-state index is 6.15. The van der Waals surface area contributed by atoms with Crippen LogP contribution in [0.5, 0.6) is 0 Å². The highest BCUT2D eigenvalue weighted by Crippen LogP contribution is 2.35. The first kappa shape index (κ1) is 10.1. The van der Waals surface area contributed by atoms with Crippen LogP contribution in [0.15, 0.2) is 23.8 Å². The molecule has 2 heterocycles. The van der Waals surface area contributed by atoms with E-state index in [1.54, 1.807) is 0 Å². The zero-order valence-corrected chi connectivity index (χ0v) is 9.57. The lowest BCUT2D eigenvalue weighted by Gasteiger charge is -2.38. The molecule has 0 aliphatic carbocycles. The molecular formula is C12H13ClN2O. The maximum Gasteiger partial charge on any atom is 0.0709 e. The van der Waals surface area contributed by atoms with Crippen LogP contribution in [0.2, 0.25) is 5.02 Å². The van der Waals surface area contributed by atoms with E-state index in [9.17, 15) is 0 Å². The minimum Gasteiger partial charge on any atom is -0.377 e. The van der Waals surface area contributed by atoms with Gasteiger partial charge in [0.15, 0.2) is 0 Å². The van der Waals surface area contributed by atoms with Crippen LogP contribution in [-0.4, -0.2) is 19.3 Å². The van der Waals surface area contributed by atoms with Crippen molar-refractivity contribution in [3.05, 3.63) is 34.4 Å². The summed E-state index contributed by atoms with van der Waals surface area (Å²) in [5.74, 6) is 6.15. The molecular weight excluding hydrogens is 224 g/mol. The van der Waals surface area contributed by atoms with Gasteiger partial charge < -0.3 is 9.75 Å². The molecule has 0 bridgehead atoms. The fourth-order valence-electron chi connectivity index (χ4n) is 2.35. The number of rotatable bonds is 0. The molecule has 0 aromatic heterocycles. The Labute approximate surface area is 99.4 Å². The van der Waals surface area contributed by atoms with Gasteiger partial charge in [-0.2, -0.15) is 0 Å². The highest BCUT2D eigenvalue weighted by Gasteiger charge is 2.29. The number of hydrazine groups is 1. The molecule has 0 radical (unpaired) electrons. The number of halogens is 1. The van der Waals surface area contributed by atoms with Crippen LogP contribution in [0.3, 0.4) is 0 Å². The molecule has 2 N–H and O–H groups in total. The van der Waals surface area contributed by atoms with Crippen molar-refractivity contribution in [2.24, 2.45) is 5.84 Å². The summed E-state index contributed by atoms with van der Waals surface area (Å²) in [6.45, 7) is 1.45. The minimum absolute atomic E-state index is 0.264. The van der Waals surface area contributed by atoms with Crippen molar-refractivity contribution in [3.63, 3.8) is 0 Å². The molecule has 0 saturated carbocycles. The second-order valence-electron chi connectivity index (χ2n) is 4.19. The Morgan fingerprint density at radius 1 is 1.44 bits per heavy atom. The summed E-state index contributed by atoms with van der Waals surface area (Å²) in [6.07, 6.45) is 3.10. The van der Waals surface area contributed by atoms with Gasteiger partial charge in [-0.1, -0.05) is 17.7 Å². The number of anilines is 1. The molecule has 3 nitrogen and oxygen atoms in total. The van der Waals surface area contributed by atoms with Crippen LogP contribution in [0.25, 0.3) is 6.08 Å². The van der Waals surface area contributed by atoms with E-state index in [1.165, 1.54) is 5.57 Å². The minimum atomic E-state index is 0.264. The molecule has 1 unspecified atom stereocenters. The summed E-state index contributed by atoms with van der Waals surface area (Å²) in [7, 11) is 0. The topological polar surface area (TPSA) is 38.5 Å². The van der Waals surface area contributed by atoms with E-state index in [2.05, 4.69) is 6.08 Å². The highest BCUT2D eigenvalue weighted by atomic mass is 35.5. The summed E-state index contributed by atoms with van der Waals surface area (Å²) in [5.41, 5.74) is 3.37. The molecule has 0 amide bonds. The second kappa shape index (κ2) is 3.77. The quantitative estimate of drug-likeness (QED) is 0.702. The van der Waals surface area contributed by atoms with Crippen molar-refractivity contribution in [3.8, 4) is 0 Å². The number of fused-ring (bicyclic) bond motifs is 2. The van der Waals surface area contributed by atoms with Gasteiger partial charge in [-0.15, -0.1) is 0 Å². The molecule has 2 aliphatic heterocycles. The fourth-order valence-corrected chi connectivity index (χ4v) is 2.52. The SMILES string of the molecule is NN1c2cc(Cl)ccc2C=C2COCCC21. The zero-order valence-electron chi connectivity index (χ0n) is 8.82. The Morgan fingerprint density at radius 3 is 3.19 bits per heavy atom. The summed E-state index contributed by atoms with van der Waals surface area (Å²) >= 11 is 5.99. The lowest BCUT2D eigenvalue weighted by Crippen LogP contribution is -2.47. The number of hydrogen-bond acceptors (Lipinski definition) is 3. The predicted octanol–water partition coefficient (Wildman–Crippen LogP) is 2.21. The van der Waals surface area contributed by atoms with E-state index in [1.807, 2.05) is 23.2 Å². The summed E-state index contributed by atoms with van der Waals surface area (Å²) in [4.78, 5) is 0. The Balaban J connectivity index is 2.10. The van der Waals surface area contributed by atoms with E-state index in [0.717, 1.165) is 29.3 Å². The predicted molar refractivity (Wildman–Crippen MR) is 65.3 cm³/mol. The molecule has 3 rings (SSSR count). The zero-order chi connectivity index (χ0) is 11.1. The molecule has 2 aliphatic rings. The third-order valence-electron chi connectivity index (χ3n) is 3.18. The first-order valence-corrected chi connectivity index (χ1v) is 5.75. The second-order valence-corrected chi connectivity index (χ2v) is 4.62. The molecule has 1 fully saturated rings. The number of nitrogens with zero attached hydrogens (tertiary/aromatic N) is 1. The Hall–Kier alpha value is -1.03. The van der Waals surface area contributed by atoms with Crippen molar-refractivity contribution < 1.29 is 4.74 Å². The van der Waals surface area contributed by atoms with E-state index in [-0.39, 0.29) is 6.04 Å². The molecule has 84 valence electrons. The normalized spacial score (nSPS) is 23.5. The van der Waals surface area contributed by atoms with Gasteiger partial charge >= 0.3 is 0 Å². The molecule has 16 heavy (non-hydrogen) atoms. The van der Waals surface area contributed by atoms with Crippen LogP contribution in [0.4, 0.5) is 5.69 Å². The van der Waals surface area contributed by atoms with Gasteiger partial charge in [0.25, 0.3) is 0 Å². The van der Waals surface area contributed by atoms with Gasteiger partial charge in [-0.05, 0) is 35.8 Å². The van der Waals surface area contributed by atoms with Crippen LogP contribution in [0.1, 0.15) is 12.0 Å². The van der Waals surface area contributed by atoms with Gasteiger partial charge in [-0.3, -0.25) is 0 Å². The standard InChI is InChI=1S/C12H13ClN2O/c13-10-2-1-8-5-9-7-16-4-3-11(9)15(14)12(8)6-10/h1-2,5-6,11H,3-4,7,14H2. The third kappa shape index (κ3) is 1.52. The maximum atomic E-state index is 6.15. The van der Waals surface area contributed by atoms with Crippen LogP contribution >= 0.6 is 11.6 Å². The van der Waals surface area contributed by atoms with E-state index >= 15 is 0 Å². The monoisotopic (exact) mass is 236 g/mol. The third-order valence-corrected chi connectivity index (χ3v) is 3.41. The van der Waals surface area contributed by atoms with Crippen molar-refractivity contribution in [1.82, 2.24) is 0 Å². The average Bonchev–Trinajstić information content (AvgIpc) is 2.31. The van der Waals surface area contributed by atoms with Gasteiger partial charge in [-0.25, -0.2) is 5.84 Å². The Bertz CT molecular complexity index is 458. The van der Waals surface area contributed by atoms with Crippen LogP contribution < -0.4 is 10.9 Å². The number of hydrogen-bond donors (Lipinski definition) is 1. The average molecular weight is 237 g/mol. The van der Waals surface area contributed by atoms with E-state index in [4.69, 9.17) is 22.2 Å². The highest BCUT2D eigenvalue weighted by molar-refractivity contribution is 6.31. The Kier molecular flexibility index (Phi) is 2.39. The largest absolute Gasteiger partial charge is 0.377 e. The van der Waals surface area contributed by atoms with Crippen molar-refractivity contribution >= 4 is 23.4 Å². The summed E-state index contributed by atoms with van der Waals surface area (Å²) < 4.78 is 5.45. The molecule has 1 aromatic carbocycles. The van der Waals surface area contributed by atoms with Gasteiger partial charge in [0.2, 0.25) is 0 Å². The molecule has 1 aromatic rings. The van der Waals surface area contributed by atoms with E-state index in [0.29, 0.717) is 6.61 Å². The lowest BCUT2D eigenvalue weighted by molar-refractivity contribution is 0.121. The number of benzene rings is 1. The number of nitrogens with two attached hydrogens (primary N) is 1. The van der Waals surface area contributed by atoms with Crippen molar-refractivity contribution in [2.45, 2.75) is 12.5 Å². The molecule has 1 atom stereocenters. The van der Waals surface area contributed by atoms with Crippen molar-refractivity contribution in [2.75, 3.05) is 18.2 Å². The van der Waals surface area contributed by atoms with Gasteiger partial charge in [0, 0.05) is 11.6 Å². The molecule has 4 heteroatoms. The fraction of sp³-hybridized carbons (Fsp3) is 0.333. The molecule has 1 saturated heterocycles.